The van der Waals surface area contributed by atoms with Crippen LogP contribution in [-0.2, 0) is 0 Å². The molecule has 3 heteroatoms. The minimum absolute atomic E-state index is 0.908. The van der Waals surface area contributed by atoms with Crippen molar-refractivity contribution in [2.45, 2.75) is 0 Å². The quantitative estimate of drug-likeness (QED) is 0.217. The molecular weight excluding hydrogens is 524 g/mol. The third kappa shape index (κ3) is 3.68. The van der Waals surface area contributed by atoms with Crippen molar-refractivity contribution < 1.29 is 4.42 Å². The van der Waals surface area contributed by atoms with Crippen molar-refractivity contribution in [3.63, 3.8) is 0 Å². The largest absolute Gasteiger partial charge is 0.456 e. The molecule has 0 aliphatic heterocycles. The maximum atomic E-state index is 6.25. The minimum atomic E-state index is 0.908. The van der Waals surface area contributed by atoms with E-state index in [-0.39, 0.29) is 0 Å². The summed E-state index contributed by atoms with van der Waals surface area (Å²) in [5, 5.41) is 7.07. The predicted molar refractivity (Wildman–Crippen MR) is 180 cm³/mol. The fraction of sp³-hybridized carbons (Fsp3) is 0. The SMILES string of the molecule is c1ccc(N(c2ccc3c4ccccc4n(-c4ccccc4)c3c2)c2cccc3cc4oc5ccccc5c4cc23)cc1. The summed E-state index contributed by atoms with van der Waals surface area (Å²) in [6.45, 7) is 0. The molecule has 0 N–H and O–H groups in total. The van der Waals surface area contributed by atoms with E-state index in [9.17, 15) is 0 Å². The molecule has 9 rings (SSSR count). The lowest BCUT2D eigenvalue weighted by atomic mass is 10.0. The number of fused-ring (bicyclic) bond motifs is 7. The van der Waals surface area contributed by atoms with Crippen LogP contribution in [0.2, 0.25) is 0 Å². The van der Waals surface area contributed by atoms with Gasteiger partial charge in [0.2, 0.25) is 0 Å². The summed E-state index contributed by atoms with van der Waals surface area (Å²) in [7, 11) is 0. The zero-order valence-electron chi connectivity index (χ0n) is 23.3. The van der Waals surface area contributed by atoms with Crippen LogP contribution >= 0.6 is 0 Å². The van der Waals surface area contributed by atoms with E-state index in [1.807, 2.05) is 12.1 Å². The Bertz CT molecular complexity index is 2450. The van der Waals surface area contributed by atoms with Gasteiger partial charge in [-0.05, 0) is 72.1 Å². The van der Waals surface area contributed by atoms with Gasteiger partial charge >= 0.3 is 0 Å². The van der Waals surface area contributed by atoms with Gasteiger partial charge in [0.1, 0.15) is 11.2 Å². The summed E-state index contributed by atoms with van der Waals surface area (Å²) >= 11 is 0. The zero-order chi connectivity index (χ0) is 28.3. The first-order chi connectivity index (χ1) is 21.3. The minimum Gasteiger partial charge on any atom is -0.456 e. The Kier molecular flexibility index (Phi) is 5.20. The molecule has 2 aromatic heterocycles. The van der Waals surface area contributed by atoms with E-state index in [2.05, 4.69) is 155 Å². The standard InChI is InChI=1S/C40H26N2O/c1-3-13-28(14-4-1)41(37-20-11-12-27-24-40-35(26-34(27)37)33-18-8-10-21-39(33)43-40)30-22-23-32-31-17-7-9-19-36(31)42(38(32)25-30)29-15-5-2-6-16-29/h1-26H. The van der Waals surface area contributed by atoms with Crippen LogP contribution in [0.5, 0.6) is 0 Å². The lowest BCUT2D eigenvalue weighted by Gasteiger charge is -2.27. The van der Waals surface area contributed by atoms with Crippen molar-refractivity contribution >= 4 is 71.6 Å². The molecular formula is C40H26N2O. The van der Waals surface area contributed by atoms with Crippen LogP contribution in [0.3, 0.4) is 0 Å². The third-order valence-electron chi connectivity index (χ3n) is 8.54. The van der Waals surface area contributed by atoms with E-state index in [1.54, 1.807) is 0 Å². The van der Waals surface area contributed by atoms with Gasteiger partial charge in [-0.15, -0.1) is 0 Å². The number of hydrogen-bond donors (Lipinski definition) is 0. The van der Waals surface area contributed by atoms with Crippen molar-refractivity contribution in [3.05, 3.63) is 158 Å². The van der Waals surface area contributed by atoms with Gasteiger partial charge in [0, 0.05) is 44.0 Å². The van der Waals surface area contributed by atoms with Gasteiger partial charge < -0.3 is 13.9 Å². The van der Waals surface area contributed by atoms with Crippen LogP contribution in [0.15, 0.2) is 162 Å². The van der Waals surface area contributed by atoms with Crippen molar-refractivity contribution in [2.24, 2.45) is 0 Å². The molecule has 0 amide bonds. The van der Waals surface area contributed by atoms with Gasteiger partial charge in [-0.3, -0.25) is 0 Å². The van der Waals surface area contributed by atoms with Crippen LogP contribution in [0.25, 0.3) is 60.2 Å². The van der Waals surface area contributed by atoms with Crippen LogP contribution in [0, 0.1) is 0 Å². The maximum Gasteiger partial charge on any atom is 0.136 e. The van der Waals surface area contributed by atoms with Crippen LogP contribution in [0.4, 0.5) is 17.1 Å². The first kappa shape index (κ1) is 23.9. The number of benzene rings is 7. The van der Waals surface area contributed by atoms with E-state index in [0.29, 0.717) is 0 Å². The van der Waals surface area contributed by atoms with E-state index in [4.69, 9.17) is 4.42 Å². The fourth-order valence-corrected chi connectivity index (χ4v) is 6.63. The molecule has 43 heavy (non-hydrogen) atoms. The summed E-state index contributed by atoms with van der Waals surface area (Å²) in [6, 6.07) is 56.1. The first-order valence-corrected chi connectivity index (χ1v) is 14.6. The summed E-state index contributed by atoms with van der Waals surface area (Å²) in [6.07, 6.45) is 0. The molecule has 0 aliphatic rings. The summed E-state index contributed by atoms with van der Waals surface area (Å²) in [4.78, 5) is 2.38. The van der Waals surface area contributed by atoms with E-state index in [1.165, 1.54) is 27.2 Å². The van der Waals surface area contributed by atoms with E-state index >= 15 is 0 Å². The number of para-hydroxylation sites is 4. The molecule has 2 heterocycles. The monoisotopic (exact) mass is 550 g/mol. The Morgan fingerprint density at radius 1 is 0.419 bits per heavy atom. The Hall–Kier alpha value is -5.80. The summed E-state index contributed by atoms with van der Waals surface area (Å²) in [5.74, 6) is 0. The van der Waals surface area contributed by atoms with Gasteiger partial charge in [-0.1, -0.05) is 91.0 Å². The first-order valence-electron chi connectivity index (χ1n) is 14.6. The van der Waals surface area contributed by atoms with E-state index in [0.717, 1.165) is 50.1 Å². The van der Waals surface area contributed by atoms with Gasteiger partial charge in [0.25, 0.3) is 0 Å². The lowest BCUT2D eigenvalue weighted by molar-refractivity contribution is 0.669. The van der Waals surface area contributed by atoms with Crippen molar-refractivity contribution in [1.82, 2.24) is 4.57 Å². The highest BCUT2D eigenvalue weighted by atomic mass is 16.3. The Labute approximate surface area is 248 Å². The van der Waals surface area contributed by atoms with Crippen molar-refractivity contribution in [3.8, 4) is 5.69 Å². The van der Waals surface area contributed by atoms with Gasteiger partial charge in [-0.25, -0.2) is 0 Å². The van der Waals surface area contributed by atoms with Crippen molar-refractivity contribution in [1.29, 1.82) is 0 Å². The second-order valence-corrected chi connectivity index (χ2v) is 11.0. The molecule has 0 bridgehead atoms. The molecule has 0 spiro atoms. The van der Waals surface area contributed by atoms with E-state index < -0.39 is 0 Å². The number of hydrogen-bond acceptors (Lipinski definition) is 2. The Morgan fingerprint density at radius 3 is 2.00 bits per heavy atom. The summed E-state index contributed by atoms with van der Waals surface area (Å²) < 4.78 is 8.62. The topological polar surface area (TPSA) is 21.3 Å². The number of nitrogens with zero attached hydrogens (tertiary/aromatic N) is 2. The number of aromatic nitrogens is 1. The van der Waals surface area contributed by atoms with Gasteiger partial charge in [0.15, 0.2) is 0 Å². The highest BCUT2D eigenvalue weighted by Crippen LogP contribution is 2.43. The van der Waals surface area contributed by atoms with Crippen molar-refractivity contribution in [2.75, 3.05) is 4.90 Å². The fourth-order valence-electron chi connectivity index (χ4n) is 6.63. The number of anilines is 3. The molecule has 0 atom stereocenters. The molecule has 0 aliphatic carbocycles. The highest BCUT2D eigenvalue weighted by molar-refractivity contribution is 6.14. The molecule has 9 aromatic rings. The average molecular weight is 551 g/mol. The third-order valence-corrected chi connectivity index (χ3v) is 8.54. The Morgan fingerprint density at radius 2 is 1.14 bits per heavy atom. The number of furan rings is 1. The molecule has 0 saturated carbocycles. The van der Waals surface area contributed by atoms with Crippen LogP contribution < -0.4 is 4.90 Å². The molecule has 0 fully saturated rings. The van der Waals surface area contributed by atoms with Crippen LogP contribution in [-0.4, -0.2) is 4.57 Å². The normalized spacial score (nSPS) is 11.7. The molecule has 0 radical (unpaired) electrons. The molecule has 0 unspecified atom stereocenters. The predicted octanol–water partition coefficient (Wildman–Crippen LogP) is 11.3. The maximum absolute atomic E-state index is 6.25. The Balaban J connectivity index is 1.34. The smallest absolute Gasteiger partial charge is 0.136 e. The molecule has 202 valence electrons. The van der Waals surface area contributed by atoms with Gasteiger partial charge in [-0.2, -0.15) is 0 Å². The molecule has 3 nitrogen and oxygen atoms in total. The lowest BCUT2D eigenvalue weighted by Crippen LogP contribution is -2.10. The summed E-state index contributed by atoms with van der Waals surface area (Å²) in [5.41, 5.74) is 8.67. The highest BCUT2D eigenvalue weighted by Gasteiger charge is 2.19. The molecule has 7 aromatic carbocycles. The zero-order valence-corrected chi connectivity index (χ0v) is 23.3. The second-order valence-electron chi connectivity index (χ2n) is 11.0. The second kappa shape index (κ2) is 9.37. The number of rotatable bonds is 4. The molecule has 0 saturated heterocycles. The van der Waals surface area contributed by atoms with Gasteiger partial charge in [0.05, 0.1) is 16.7 Å². The van der Waals surface area contributed by atoms with Crippen LogP contribution in [0.1, 0.15) is 0 Å². The average Bonchev–Trinajstić information content (AvgIpc) is 3.60.